The topological polar surface area (TPSA) is 103 Å². The molecule has 2 atom stereocenters. The van der Waals surface area contributed by atoms with Gasteiger partial charge in [-0.25, -0.2) is 14.2 Å². The number of anilines is 1. The number of halogens is 1. The van der Waals surface area contributed by atoms with Gasteiger partial charge in [-0.1, -0.05) is 18.2 Å². The number of aromatic nitrogens is 1. The van der Waals surface area contributed by atoms with Gasteiger partial charge in [0.1, 0.15) is 12.5 Å². The summed E-state index contributed by atoms with van der Waals surface area (Å²) in [5, 5.41) is 7.80. The van der Waals surface area contributed by atoms with Gasteiger partial charge in [-0.05, 0) is 49.1 Å². The zero-order valence-electron chi connectivity index (χ0n) is 17.4. The van der Waals surface area contributed by atoms with Crippen molar-refractivity contribution < 1.29 is 18.8 Å². The van der Waals surface area contributed by atoms with Gasteiger partial charge >= 0.3 is 6.03 Å². The van der Waals surface area contributed by atoms with Crippen LogP contribution in [0, 0.1) is 13.8 Å². The number of amides is 4. The van der Waals surface area contributed by atoms with Gasteiger partial charge in [-0.3, -0.25) is 14.9 Å². The lowest BCUT2D eigenvalue weighted by molar-refractivity contribution is -0.124. The van der Waals surface area contributed by atoms with E-state index in [9.17, 15) is 18.8 Å². The second kappa shape index (κ2) is 7.98. The maximum Gasteiger partial charge on any atom is 0.322 e. The molecule has 3 N–H and O–H groups in total. The van der Waals surface area contributed by atoms with E-state index in [2.05, 4.69) is 27.0 Å². The minimum absolute atomic E-state index is 0.101. The third-order valence-electron chi connectivity index (χ3n) is 5.80. The van der Waals surface area contributed by atoms with Crippen LogP contribution in [0.1, 0.15) is 33.5 Å². The molecule has 3 heterocycles. The smallest absolute Gasteiger partial charge is 0.322 e. The largest absolute Gasteiger partial charge is 0.365 e. The molecule has 162 valence electrons. The number of hydrogen-bond acceptors (Lipinski definition) is 5. The summed E-state index contributed by atoms with van der Waals surface area (Å²) in [4.78, 5) is 42.6. The van der Waals surface area contributed by atoms with Crippen molar-refractivity contribution in [3.63, 3.8) is 0 Å². The van der Waals surface area contributed by atoms with Gasteiger partial charge in [0.05, 0.1) is 0 Å². The van der Waals surface area contributed by atoms with E-state index in [0.29, 0.717) is 18.7 Å². The average Bonchev–Trinajstić information content (AvgIpc) is 3.33. The fourth-order valence-corrected chi connectivity index (χ4v) is 4.07. The molecule has 0 bridgehead atoms. The minimum atomic E-state index is -1.75. The van der Waals surface area contributed by atoms with Crippen molar-refractivity contribution in [3.05, 3.63) is 58.8 Å². The van der Waals surface area contributed by atoms with E-state index >= 15 is 0 Å². The zero-order chi connectivity index (χ0) is 22.2. The summed E-state index contributed by atoms with van der Waals surface area (Å²) in [7, 11) is 0. The number of imide groups is 1. The Bertz CT molecular complexity index is 1040. The van der Waals surface area contributed by atoms with Gasteiger partial charge in [-0.2, -0.15) is 0 Å². The number of benzene rings is 1. The van der Waals surface area contributed by atoms with Crippen LogP contribution in [0.4, 0.5) is 15.0 Å². The Morgan fingerprint density at radius 1 is 1.29 bits per heavy atom. The van der Waals surface area contributed by atoms with Crippen molar-refractivity contribution in [3.8, 4) is 0 Å². The van der Waals surface area contributed by atoms with E-state index in [0.717, 1.165) is 23.4 Å². The lowest BCUT2D eigenvalue weighted by atomic mass is 9.90. The summed E-state index contributed by atoms with van der Waals surface area (Å²) in [5.41, 5.74) is 1.13. The first-order chi connectivity index (χ1) is 14.8. The van der Waals surface area contributed by atoms with Crippen LogP contribution in [-0.2, 0) is 10.3 Å². The fraction of sp³-hybridized carbons (Fsp3) is 0.364. The molecule has 0 saturated carbocycles. The van der Waals surface area contributed by atoms with Crippen LogP contribution in [0.5, 0.6) is 0 Å². The van der Waals surface area contributed by atoms with Crippen LogP contribution in [0.15, 0.2) is 36.5 Å². The molecule has 8 nitrogen and oxygen atoms in total. The number of aryl methyl sites for hydroxylation is 2. The Hall–Kier alpha value is -3.49. The minimum Gasteiger partial charge on any atom is -0.365 e. The Morgan fingerprint density at radius 3 is 2.65 bits per heavy atom. The van der Waals surface area contributed by atoms with E-state index in [4.69, 9.17) is 0 Å². The number of carbonyl (C=O) groups excluding carboxylic acids is 3. The summed E-state index contributed by atoms with van der Waals surface area (Å²) in [5.74, 6) is -0.0613. The monoisotopic (exact) mass is 425 g/mol. The number of alkyl halides is 1. The number of hydrogen-bond donors (Lipinski definition) is 3. The summed E-state index contributed by atoms with van der Waals surface area (Å²) < 4.78 is 13.7. The highest BCUT2D eigenvalue weighted by Gasteiger charge is 2.48. The molecular formula is C22H24FN5O3. The van der Waals surface area contributed by atoms with E-state index in [1.807, 2.05) is 20.0 Å². The van der Waals surface area contributed by atoms with E-state index in [1.165, 1.54) is 12.1 Å². The molecule has 4 rings (SSSR count). The van der Waals surface area contributed by atoms with Crippen LogP contribution in [0.25, 0.3) is 0 Å². The predicted molar refractivity (Wildman–Crippen MR) is 112 cm³/mol. The van der Waals surface area contributed by atoms with Gasteiger partial charge in [0, 0.05) is 30.9 Å². The summed E-state index contributed by atoms with van der Waals surface area (Å²) in [6, 6.07) is 7.54. The number of nitrogens with one attached hydrogen (secondary N) is 3. The molecule has 1 aromatic carbocycles. The maximum atomic E-state index is 13.7. The van der Waals surface area contributed by atoms with Crippen molar-refractivity contribution in [1.82, 2.24) is 20.5 Å². The van der Waals surface area contributed by atoms with E-state index < -0.39 is 24.2 Å². The highest BCUT2D eigenvalue weighted by atomic mass is 19.1. The third-order valence-corrected chi connectivity index (χ3v) is 5.80. The molecule has 2 fully saturated rings. The van der Waals surface area contributed by atoms with E-state index in [1.54, 1.807) is 17.0 Å². The normalized spacial score (nSPS) is 22.9. The standard InChI is InChI=1S/C22H24FN5O3/c1-13-9-14(2)18(24-10-13)25-17-7-8-28(11-17)19(29)15-3-5-16(6-4-15)22(12-23)20(30)26-21(31)27-22/h3-6,9-10,17H,7-8,11-12H2,1-2H3,(H,24,25)(H2,26,27,30,31)/t17-,22-/m0/s1. The molecule has 2 saturated heterocycles. The summed E-state index contributed by atoms with van der Waals surface area (Å²) >= 11 is 0. The van der Waals surface area contributed by atoms with Gasteiger partial charge in [-0.15, -0.1) is 0 Å². The average molecular weight is 425 g/mol. The van der Waals surface area contributed by atoms with Crippen LogP contribution >= 0.6 is 0 Å². The Balaban J connectivity index is 1.43. The Morgan fingerprint density at radius 2 is 2.03 bits per heavy atom. The van der Waals surface area contributed by atoms with Crippen LogP contribution < -0.4 is 16.0 Å². The van der Waals surface area contributed by atoms with Crippen LogP contribution in [0.3, 0.4) is 0 Å². The fourth-order valence-electron chi connectivity index (χ4n) is 4.07. The molecular weight excluding hydrogens is 401 g/mol. The van der Waals surface area contributed by atoms with Crippen molar-refractivity contribution in [2.45, 2.75) is 31.8 Å². The second-order valence-corrected chi connectivity index (χ2v) is 8.08. The van der Waals surface area contributed by atoms with Crippen molar-refractivity contribution >= 4 is 23.7 Å². The molecule has 2 aromatic rings. The number of rotatable bonds is 5. The molecule has 2 aliphatic rings. The second-order valence-electron chi connectivity index (χ2n) is 8.08. The van der Waals surface area contributed by atoms with Gasteiger partial charge in [0.25, 0.3) is 11.8 Å². The molecule has 0 radical (unpaired) electrons. The van der Waals surface area contributed by atoms with Gasteiger partial charge in [0.2, 0.25) is 0 Å². The molecule has 1 aromatic heterocycles. The number of urea groups is 1. The lowest BCUT2D eigenvalue weighted by Crippen LogP contribution is -2.45. The molecule has 31 heavy (non-hydrogen) atoms. The first kappa shape index (κ1) is 20.8. The molecule has 0 aliphatic carbocycles. The van der Waals surface area contributed by atoms with Crippen molar-refractivity contribution in [2.75, 3.05) is 25.1 Å². The van der Waals surface area contributed by atoms with Gasteiger partial charge < -0.3 is 15.5 Å². The lowest BCUT2D eigenvalue weighted by Gasteiger charge is -2.23. The Labute approximate surface area is 179 Å². The molecule has 0 spiro atoms. The zero-order valence-corrected chi connectivity index (χ0v) is 17.4. The maximum absolute atomic E-state index is 13.7. The predicted octanol–water partition coefficient (Wildman–Crippen LogP) is 2.03. The Kier molecular flexibility index (Phi) is 5.34. The SMILES string of the molecule is Cc1cnc(N[C@H]2CCN(C(=O)c3ccc([C@]4(CF)NC(=O)NC4=O)cc3)C2)c(C)c1. The quantitative estimate of drug-likeness (QED) is 0.636. The van der Waals surface area contributed by atoms with E-state index in [-0.39, 0.29) is 17.5 Å². The first-order valence-electron chi connectivity index (χ1n) is 10.1. The third kappa shape index (κ3) is 3.83. The van der Waals surface area contributed by atoms with Gasteiger partial charge in [0.15, 0.2) is 5.54 Å². The summed E-state index contributed by atoms with van der Waals surface area (Å²) in [6.07, 6.45) is 2.61. The molecule has 0 unspecified atom stereocenters. The number of carbonyl (C=O) groups is 3. The number of nitrogens with zero attached hydrogens (tertiary/aromatic N) is 2. The van der Waals surface area contributed by atoms with Crippen LogP contribution in [0.2, 0.25) is 0 Å². The highest BCUT2D eigenvalue weighted by Crippen LogP contribution is 2.27. The summed E-state index contributed by atoms with van der Waals surface area (Å²) in [6.45, 7) is 4.06. The molecule has 2 aliphatic heterocycles. The highest BCUT2D eigenvalue weighted by molar-refractivity contribution is 6.07. The van der Waals surface area contributed by atoms with Crippen LogP contribution in [-0.4, -0.2) is 53.5 Å². The number of pyridine rings is 1. The molecule has 9 heteroatoms. The van der Waals surface area contributed by atoms with Crippen molar-refractivity contribution in [2.24, 2.45) is 0 Å². The molecule has 4 amide bonds. The number of likely N-dealkylation sites (tertiary alicyclic amines) is 1. The van der Waals surface area contributed by atoms with Crippen molar-refractivity contribution in [1.29, 1.82) is 0 Å². The first-order valence-corrected chi connectivity index (χ1v) is 10.1.